The van der Waals surface area contributed by atoms with E-state index < -0.39 is 0 Å². The standard InChI is InChI=1S/C26H29N3O4/c1-32-22-8-3-19(4-9-22)24(20-5-10-23(33-2)11-6-20)17-26(31)29-15-13-28(14-16-29)25-12-7-21(30)18-27-25/h3-12,18,24,30H,13-17H2,1-2H3. The fourth-order valence-corrected chi connectivity index (χ4v) is 4.15. The summed E-state index contributed by atoms with van der Waals surface area (Å²) in [7, 11) is 3.29. The highest BCUT2D eigenvalue weighted by atomic mass is 16.5. The molecule has 0 bridgehead atoms. The molecule has 0 atom stereocenters. The van der Waals surface area contributed by atoms with Crippen LogP contribution in [0.15, 0.2) is 66.9 Å². The van der Waals surface area contributed by atoms with Crippen LogP contribution in [-0.2, 0) is 4.79 Å². The van der Waals surface area contributed by atoms with Crippen molar-refractivity contribution in [3.05, 3.63) is 78.0 Å². The number of carbonyl (C=O) groups is 1. The number of benzene rings is 2. The number of piperazine rings is 1. The third kappa shape index (κ3) is 5.37. The lowest BCUT2D eigenvalue weighted by Gasteiger charge is -2.36. The maximum Gasteiger partial charge on any atom is 0.223 e. The van der Waals surface area contributed by atoms with Gasteiger partial charge in [0, 0.05) is 38.5 Å². The molecule has 0 unspecified atom stereocenters. The van der Waals surface area contributed by atoms with Crippen molar-refractivity contribution >= 4 is 11.7 Å². The number of amides is 1. The molecule has 1 aromatic heterocycles. The molecule has 1 aliphatic rings. The van der Waals surface area contributed by atoms with Crippen molar-refractivity contribution in [2.75, 3.05) is 45.3 Å². The van der Waals surface area contributed by atoms with Crippen molar-refractivity contribution in [3.8, 4) is 17.2 Å². The fourth-order valence-electron chi connectivity index (χ4n) is 4.15. The predicted molar refractivity (Wildman–Crippen MR) is 127 cm³/mol. The van der Waals surface area contributed by atoms with Crippen molar-refractivity contribution in [1.82, 2.24) is 9.88 Å². The van der Waals surface area contributed by atoms with E-state index in [1.165, 1.54) is 6.20 Å². The van der Waals surface area contributed by atoms with Gasteiger partial charge >= 0.3 is 0 Å². The molecule has 0 saturated carbocycles. The summed E-state index contributed by atoms with van der Waals surface area (Å²) in [6.07, 6.45) is 1.83. The van der Waals surface area contributed by atoms with E-state index in [-0.39, 0.29) is 17.6 Å². The molecule has 1 fully saturated rings. The second kappa shape index (κ2) is 10.3. The van der Waals surface area contributed by atoms with Gasteiger partial charge in [-0.1, -0.05) is 24.3 Å². The molecule has 2 aromatic carbocycles. The van der Waals surface area contributed by atoms with Gasteiger partial charge in [-0.2, -0.15) is 0 Å². The summed E-state index contributed by atoms with van der Waals surface area (Å²) in [5.74, 6) is 2.61. The second-order valence-electron chi connectivity index (χ2n) is 8.05. The van der Waals surface area contributed by atoms with Crippen LogP contribution < -0.4 is 14.4 Å². The van der Waals surface area contributed by atoms with Crippen LogP contribution in [0.2, 0.25) is 0 Å². The summed E-state index contributed by atoms with van der Waals surface area (Å²) in [4.78, 5) is 21.6. The number of methoxy groups -OCH3 is 2. The Morgan fingerprint density at radius 1 is 0.879 bits per heavy atom. The zero-order valence-corrected chi connectivity index (χ0v) is 19.0. The van der Waals surface area contributed by atoms with E-state index in [2.05, 4.69) is 9.88 Å². The molecule has 7 nitrogen and oxygen atoms in total. The van der Waals surface area contributed by atoms with Crippen LogP contribution in [-0.4, -0.2) is 61.3 Å². The summed E-state index contributed by atoms with van der Waals surface area (Å²) in [6, 6.07) is 19.2. The first-order valence-corrected chi connectivity index (χ1v) is 11.0. The molecule has 7 heteroatoms. The number of carbonyl (C=O) groups excluding carboxylic acids is 1. The van der Waals surface area contributed by atoms with E-state index in [4.69, 9.17) is 9.47 Å². The van der Waals surface area contributed by atoms with E-state index >= 15 is 0 Å². The number of hydrogen-bond acceptors (Lipinski definition) is 6. The number of aromatic hydroxyl groups is 1. The number of aromatic nitrogens is 1. The molecular weight excluding hydrogens is 418 g/mol. The first-order chi connectivity index (χ1) is 16.1. The molecule has 0 aliphatic carbocycles. The topological polar surface area (TPSA) is 75.1 Å². The zero-order chi connectivity index (χ0) is 23.2. The Labute approximate surface area is 194 Å². The Balaban J connectivity index is 1.47. The van der Waals surface area contributed by atoms with E-state index in [1.54, 1.807) is 26.4 Å². The Kier molecular flexibility index (Phi) is 6.98. The molecule has 172 valence electrons. The Hall–Kier alpha value is -3.74. The van der Waals surface area contributed by atoms with Crippen LogP contribution in [0.1, 0.15) is 23.5 Å². The number of pyridine rings is 1. The molecule has 1 aliphatic heterocycles. The lowest BCUT2D eigenvalue weighted by Crippen LogP contribution is -2.49. The van der Waals surface area contributed by atoms with Crippen LogP contribution in [0.5, 0.6) is 17.2 Å². The Morgan fingerprint density at radius 2 is 1.42 bits per heavy atom. The minimum atomic E-state index is -0.0638. The second-order valence-corrected chi connectivity index (χ2v) is 8.05. The van der Waals surface area contributed by atoms with Crippen LogP contribution in [0.25, 0.3) is 0 Å². The molecule has 4 rings (SSSR count). The van der Waals surface area contributed by atoms with Gasteiger partial charge in [0.1, 0.15) is 23.1 Å². The molecule has 2 heterocycles. The number of hydrogen-bond donors (Lipinski definition) is 1. The SMILES string of the molecule is COc1ccc(C(CC(=O)N2CCN(c3ccc(O)cn3)CC2)c2ccc(OC)cc2)cc1. The summed E-state index contributed by atoms with van der Waals surface area (Å²) >= 11 is 0. The van der Waals surface area contributed by atoms with Crippen LogP contribution in [0, 0.1) is 0 Å². The molecule has 3 aromatic rings. The third-order valence-electron chi connectivity index (χ3n) is 6.10. The monoisotopic (exact) mass is 447 g/mol. The fraction of sp³-hybridized carbons (Fsp3) is 0.308. The zero-order valence-electron chi connectivity index (χ0n) is 19.0. The van der Waals surface area contributed by atoms with E-state index in [1.807, 2.05) is 53.4 Å². The first kappa shape index (κ1) is 22.5. The van der Waals surface area contributed by atoms with Gasteiger partial charge in [-0.05, 0) is 47.5 Å². The predicted octanol–water partition coefficient (Wildman–Crippen LogP) is 3.68. The van der Waals surface area contributed by atoms with Crippen LogP contribution >= 0.6 is 0 Å². The van der Waals surface area contributed by atoms with E-state index in [0.717, 1.165) is 28.4 Å². The van der Waals surface area contributed by atoms with Gasteiger partial charge in [0.25, 0.3) is 0 Å². The normalized spacial score (nSPS) is 13.8. The highest BCUT2D eigenvalue weighted by Crippen LogP contribution is 2.31. The summed E-state index contributed by atoms with van der Waals surface area (Å²) in [6.45, 7) is 2.69. The number of ether oxygens (including phenoxy) is 2. The maximum atomic E-state index is 13.3. The molecule has 0 radical (unpaired) electrons. The minimum Gasteiger partial charge on any atom is -0.506 e. The van der Waals surface area contributed by atoms with Gasteiger partial charge in [-0.25, -0.2) is 4.98 Å². The van der Waals surface area contributed by atoms with Crippen LogP contribution in [0.3, 0.4) is 0 Å². The molecule has 1 saturated heterocycles. The first-order valence-electron chi connectivity index (χ1n) is 11.0. The number of anilines is 1. The maximum absolute atomic E-state index is 13.3. The lowest BCUT2D eigenvalue weighted by atomic mass is 9.88. The Bertz CT molecular complexity index is 997. The van der Waals surface area contributed by atoms with Crippen molar-refractivity contribution in [2.45, 2.75) is 12.3 Å². The average Bonchev–Trinajstić information content (AvgIpc) is 2.88. The van der Waals surface area contributed by atoms with E-state index in [9.17, 15) is 9.90 Å². The largest absolute Gasteiger partial charge is 0.506 e. The van der Waals surface area contributed by atoms with Gasteiger partial charge in [0.15, 0.2) is 0 Å². The van der Waals surface area contributed by atoms with Gasteiger partial charge < -0.3 is 24.4 Å². The Morgan fingerprint density at radius 3 is 1.88 bits per heavy atom. The van der Waals surface area contributed by atoms with Crippen molar-refractivity contribution < 1.29 is 19.4 Å². The average molecular weight is 448 g/mol. The lowest BCUT2D eigenvalue weighted by molar-refractivity contribution is -0.131. The highest BCUT2D eigenvalue weighted by molar-refractivity contribution is 5.78. The van der Waals surface area contributed by atoms with Crippen molar-refractivity contribution in [1.29, 1.82) is 0 Å². The summed E-state index contributed by atoms with van der Waals surface area (Å²) in [5.41, 5.74) is 2.14. The van der Waals surface area contributed by atoms with Gasteiger partial charge in [-0.3, -0.25) is 4.79 Å². The number of nitrogens with zero attached hydrogens (tertiary/aromatic N) is 3. The van der Waals surface area contributed by atoms with Gasteiger partial charge in [-0.15, -0.1) is 0 Å². The highest BCUT2D eigenvalue weighted by Gasteiger charge is 2.26. The van der Waals surface area contributed by atoms with E-state index in [0.29, 0.717) is 32.6 Å². The smallest absolute Gasteiger partial charge is 0.223 e. The molecule has 1 N–H and O–H groups in total. The summed E-state index contributed by atoms with van der Waals surface area (Å²) in [5, 5.41) is 9.45. The van der Waals surface area contributed by atoms with Gasteiger partial charge in [0.05, 0.1) is 20.4 Å². The quantitative estimate of drug-likeness (QED) is 0.596. The molecule has 33 heavy (non-hydrogen) atoms. The van der Waals surface area contributed by atoms with Crippen molar-refractivity contribution in [3.63, 3.8) is 0 Å². The molecular formula is C26H29N3O4. The third-order valence-corrected chi connectivity index (χ3v) is 6.10. The van der Waals surface area contributed by atoms with Gasteiger partial charge in [0.2, 0.25) is 5.91 Å². The minimum absolute atomic E-state index is 0.0638. The molecule has 1 amide bonds. The summed E-state index contributed by atoms with van der Waals surface area (Å²) < 4.78 is 10.6. The number of rotatable bonds is 7. The van der Waals surface area contributed by atoms with Crippen LogP contribution in [0.4, 0.5) is 5.82 Å². The van der Waals surface area contributed by atoms with Crippen molar-refractivity contribution in [2.24, 2.45) is 0 Å². The molecule has 0 spiro atoms.